The topological polar surface area (TPSA) is 140 Å². The first-order chi connectivity index (χ1) is 20.4. The second-order valence-electron chi connectivity index (χ2n) is 11.5. The van der Waals surface area contributed by atoms with Crippen molar-refractivity contribution in [2.75, 3.05) is 30.5 Å². The molecule has 234 valence electrons. The molecule has 6 rings (SSSR count). The lowest BCUT2D eigenvalue weighted by Crippen LogP contribution is -2.32. The van der Waals surface area contributed by atoms with E-state index >= 15 is 0 Å². The van der Waals surface area contributed by atoms with E-state index in [1.807, 2.05) is 13.8 Å². The second-order valence-corrected chi connectivity index (χ2v) is 14.2. The Morgan fingerprint density at radius 1 is 1.14 bits per heavy atom. The molecule has 2 aliphatic carbocycles. The molecule has 3 heterocycles. The van der Waals surface area contributed by atoms with Crippen LogP contribution in [0.25, 0.3) is 11.2 Å². The minimum absolute atomic E-state index is 0.00773. The highest BCUT2D eigenvalue weighted by molar-refractivity contribution is 7.99. The van der Waals surface area contributed by atoms with Gasteiger partial charge >= 0.3 is 0 Å². The Labute approximate surface area is 252 Å². The molecule has 0 bridgehead atoms. The van der Waals surface area contributed by atoms with Gasteiger partial charge in [0, 0.05) is 24.1 Å². The van der Waals surface area contributed by atoms with E-state index in [9.17, 15) is 17.2 Å². The van der Waals surface area contributed by atoms with Gasteiger partial charge < -0.3 is 19.5 Å². The van der Waals surface area contributed by atoms with Crippen molar-refractivity contribution >= 4 is 38.9 Å². The third-order valence-electron chi connectivity index (χ3n) is 7.63. The molecule has 43 heavy (non-hydrogen) atoms. The highest BCUT2D eigenvalue weighted by atomic mass is 32.2. The number of anilines is 1. The molecular weight excluding hydrogens is 606 g/mol. The summed E-state index contributed by atoms with van der Waals surface area (Å²) in [5.74, 6) is -1.25. The van der Waals surface area contributed by atoms with Crippen LogP contribution in [0.1, 0.15) is 57.6 Å². The maximum Gasteiger partial charge on any atom is 0.264 e. The van der Waals surface area contributed by atoms with Gasteiger partial charge in [0.1, 0.15) is 12.2 Å². The van der Waals surface area contributed by atoms with Crippen molar-refractivity contribution in [2.24, 2.45) is 0 Å². The predicted octanol–water partition coefficient (Wildman–Crippen LogP) is 3.80. The highest BCUT2D eigenvalue weighted by Gasteiger charge is 2.56. The minimum Gasteiger partial charge on any atom is -0.373 e. The van der Waals surface area contributed by atoms with Gasteiger partial charge in [-0.2, -0.15) is 8.42 Å². The van der Waals surface area contributed by atoms with Crippen molar-refractivity contribution in [3.63, 3.8) is 0 Å². The third kappa shape index (κ3) is 6.63. The van der Waals surface area contributed by atoms with Gasteiger partial charge in [0.2, 0.25) is 0 Å². The van der Waals surface area contributed by atoms with Crippen LogP contribution in [0.4, 0.5) is 14.6 Å². The standard InChI is InChI=1S/C27H34F2N6O6S2/c1-5-10-42-26-31-24(30-18-12-15(18)14-6-7-16(28)17(29)11-14)21-25(32-26)35(34-33-21)19-13-20(38-8-9-39-43(4,36)37)23-22(19)40-27(2,3)41-23/h6-7,11,15,18-20,22-23H,5,8-10,12-13H2,1-4H3,(H,30,31,32)/t15-,18+,19+,20-,22-,23+/m0/s1. The molecule has 0 spiro atoms. The van der Waals surface area contributed by atoms with E-state index < -0.39 is 45.9 Å². The molecule has 1 N–H and O–H groups in total. The van der Waals surface area contributed by atoms with Crippen LogP contribution in [0.3, 0.4) is 0 Å². The molecule has 1 aromatic carbocycles. The maximum atomic E-state index is 13.9. The first-order valence-electron chi connectivity index (χ1n) is 14.2. The van der Waals surface area contributed by atoms with Crippen LogP contribution >= 0.6 is 11.8 Å². The summed E-state index contributed by atoms with van der Waals surface area (Å²) in [5.41, 5.74) is 1.73. The fourth-order valence-corrected chi connectivity index (χ4v) is 6.79. The first kappa shape index (κ1) is 30.5. The minimum atomic E-state index is -3.58. The summed E-state index contributed by atoms with van der Waals surface area (Å²) in [5, 5.41) is 12.9. The molecule has 2 saturated carbocycles. The lowest BCUT2D eigenvalue weighted by molar-refractivity contribution is -0.170. The molecule has 12 nitrogen and oxygen atoms in total. The molecule has 2 aromatic heterocycles. The number of benzene rings is 1. The summed E-state index contributed by atoms with van der Waals surface area (Å²) < 4.78 is 75.1. The number of ether oxygens (including phenoxy) is 3. The van der Waals surface area contributed by atoms with Gasteiger partial charge in [-0.1, -0.05) is 30.0 Å². The Kier molecular flexibility index (Phi) is 8.36. The molecule has 16 heteroatoms. The largest absolute Gasteiger partial charge is 0.373 e. The normalized spacial score (nSPS) is 28.0. The van der Waals surface area contributed by atoms with E-state index in [4.69, 9.17) is 28.4 Å². The molecule has 3 fully saturated rings. The fraction of sp³-hybridized carbons (Fsp3) is 0.630. The Balaban J connectivity index is 1.26. The van der Waals surface area contributed by atoms with Crippen molar-refractivity contribution in [3.8, 4) is 0 Å². The average Bonchev–Trinajstić information content (AvgIpc) is 3.27. The SMILES string of the molecule is CCCSc1nc(N[C@@H]2C[C@H]2c2ccc(F)c(F)c2)c2nnn([C@@H]3C[C@H](OCCOS(C)(=O)=O)[C@H]4OC(C)(C)O[C@H]43)c2n1. The van der Waals surface area contributed by atoms with Gasteiger partial charge in [0.05, 0.1) is 31.6 Å². The first-order valence-corrected chi connectivity index (χ1v) is 17.0. The Morgan fingerprint density at radius 2 is 1.93 bits per heavy atom. The van der Waals surface area contributed by atoms with Crippen LogP contribution in [0.2, 0.25) is 0 Å². The molecule has 0 radical (unpaired) electrons. The molecule has 0 amide bonds. The lowest BCUT2D eigenvalue weighted by atomic mass is 10.1. The summed E-state index contributed by atoms with van der Waals surface area (Å²) in [6.07, 6.45) is 1.88. The maximum absolute atomic E-state index is 13.9. The van der Waals surface area contributed by atoms with Gasteiger partial charge in [0.25, 0.3) is 10.1 Å². The van der Waals surface area contributed by atoms with Gasteiger partial charge in [-0.25, -0.2) is 23.4 Å². The molecule has 6 atom stereocenters. The van der Waals surface area contributed by atoms with Gasteiger partial charge in [-0.05, 0) is 44.4 Å². The molecular formula is C27H34F2N6O6S2. The molecule has 3 aromatic rings. The zero-order chi connectivity index (χ0) is 30.5. The summed E-state index contributed by atoms with van der Waals surface area (Å²) in [6.45, 7) is 5.68. The fourth-order valence-electron chi connectivity index (χ4n) is 5.73. The zero-order valence-corrected chi connectivity index (χ0v) is 25.8. The van der Waals surface area contributed by atoms with E-state index in [1.54, 1.807) is 10.7 Å². The van der Waals surface area contributed by atoms with Crippen molar-refractivity contribution in [1.82, 2.24) is 25.0 Å². The van der Waals surface area contributed by atoms with Gasteiger partial charge in [0.15, 0.2) is 39.6 Å². The molecule has 0 unspecified atom stereocenters. The average molecular weight is 641 g/mol. The number of nitrogens with one attached hydrogen (secondary N) is 1. The molecule has 1 aliphatic heterocycles. The van der Waals surface area contributed by atoms with Gasteiger partial charge in [-0.3, -0.25) is 4.18 Å². The van der Waals surface area contributed by atoms with E-state index in [0.717, 1.165) is 36.5 Å². The Bertz CT molecular complexity index is 1610. The summed E-state index contributed by atoms with van der Waals surface area (Å²) in [4.78, 5) is 9.56. The van der Waals surface area contributed by atoms with E-state index in [-0.39, 0.29) is 31.2 Å². The third-order valence-corrected chi connectivity index (χ3v) is 9.28. The number of nitrogens with zero attached hydrogens (tertiary/aromatic N) is 5. The zero-order valence-electron chi connectivity index (χ0n) is 24.2. The predicted molar refractivity (Wildman–Crippen MR) is 153 cm³/mol. The van der Waals surface area contributed by atoms with Crippen LogP contribution in [0, 0.1) is 11.6 Å². The number of aromatic nitrogens is 5. The lowest BCUT2D eigenvalue weighted by Gasteiger charge is -2.23. The van der Waals surface area contributed by atoms with Crippen LogP contribution in [-0.2, 0) is 28.5 Å². The smallest absolute Gasteiger partial charge is 0.264 e. The number of fused-ring (bicyclic) bond motifs is 2. The molecule has 3 aliphatic rings. The van der Waals surface area contributed by atoms with Crippen LogP contribution in [0.5, 0.6) is 0 Å². The van der Waals surface area contributed by atoms with Crippen LogP contribution in [-0.4, -0.2) is 88.7 Å². The number of rotatable bonds is 12. The van der Waals surface area contributed by atoms with Crippen molar-refractivity contribution < 1.29 is 35.6 Å². The number of hydrogen-bond acceptors (Lipinski definition) is 12. The van der Waals surface area contributed by atoms with Crippen LogP contribution in [0.15, 0.2) is 23.4 Å². The quantitative estimate of drug-likeness (QED) is 0.133. The Hall–Kier alpha value is -2.50. The number of thioether (sulfide) groups is 1. The van der Waals surface area contributed by atoms with E-state index in [0.29, 0.717) is 28.6 Å². The summed E-state index contributed by atoms with van der Waals surface area (Å²) >= 11 is 1.52. The van der Waals surface area contributed by atoms with E-state index in [2.05, 4.69) is 22.6 Å². The monoisotopic (exact) mass is 640 g/mol. The van der Waals surface area contributed by atoms with Gasteiger partial charge in [-0.15, -0.1) is 5.10 Å². The number of hydrogen-bond donors (Lipinski definition) is 1. The Morgan fingerprint density at radius 3 is 2.67 bits per heavy atom. The number of halogens is 2. The van der Waals surface area contributed by atoms with Crippen molar-refractivity contribution in [1.29, 1.82) is 0 Å². The van der Waals surface area contributed by atoms with Crippen molar-refractivity contribution in [2.45, 2.75) is 87.3 Å². The molecule has 1 saturated heterocycles. The highest BCUT2D eigenvalue weighted by Crippen LogP contribution is 2.47. The second kappa shape index (κ2) is 11.8. The van der Waals surface area contributed by atoms with E-state index in [1.165, 1.54) is 17.8 Å². The van der Waals surface area contributed by atoms with Crippen molar-refractivity contribution in [3.05, 3.63) is 35.4 Å². The summed E-state index contributed by atoms with van der Waals surface area (Å²) in [6, 6.07) is 3.62. The van der Waals surface area contributed by atoms with Crippen LogP contribution < -0.4 is 5.32 Å². The summed E-state index contributed by atoms with van der Waals surface area (Å²) in [7, 11) is -3.58.